The summed E-state index contributed by atoms with van der Waals surface area (Å²) in [5, 5.41) is 0. The fourth-order valence-corrected chi connectivity index (χ4v) is 5.01. The molecule has 10 heteroatoms. The second kappa shape index (κ2) is 25.0. The van der Waals surface area contributed by atoms with Gasteiger partial charge in [-0.2, -0.15) is 0 Å². The van der Waals surface area contributed by atoms with E-state index in [1.807, 2.05) is 0 Å². The fraction of sp³-hybridized carbons (Fsp3) is 0.657. The van der Waals surface area contributed by atoms with Gasteiger partial charge >= 0.3 is 0 Å². The normalized spacial score (nSPS) is 12.8. The number of fused-ring (bicyclic) bond motifs is 2. The van der Waals surface area contributed by atoms with Crippen LogP contribution in [0.4, 0.5) is 11.4 Å². The summed E-state index contributed by atoms with van der Waals surface area (Å²) in [5.74, 6) is 0. The van der Waals surface area contributed by atoms with Crippen molar-refractivity contribution >= 4 is 11.4 Å². The summed E-state index contributed by atoms with van der Waals surface area (Å²) in [5.41, 5.74) is 5.57. The molecular weight excluding hydrogens is 576 g/mol. The Morgan fingerprint density at radius 3 is 1.31 bits per heavy atom. The van der Waals surface area contributed by atoms with E-state index >= 15 is 0 Å². The number of hydrogen-bond acceptors (Lipinski definition) is 10. The molecule has 0 radical (unpaired) electrons. The van der Waals surface area contributed by atoms with Gasteiger partial charge in [0.2, 0.25) is 0 Å². The topological polar surface area (TPSA) is 80.3 Å². The van der Waals surface area contributed by atoms with E-state index < -0.39 is 0 Å². The number of ether oxygens (including phenoxy) is 8. The number of benzene rings is 2. The first kappa shape index (κ1) is 37.3. The number of methoxy groups -OCH3 is 1. The molecule has 45 heavy (non-hydrogen) atoms. The Morgan fingerprint density at radius 2 is 0.889 bits per heavy atom. The molecule has 3 rings (SSSR count). The van der Waals surface area contributed by atoms with Gasteiger partial charge in [0.25, 0.3) is 0 Å². The lowest BCUT2D eigenvalue weighted by atomic mass is 10.0. The van der Waals surface area contributed by atoms with Crippen molar-refractivity contribution in [3.05, 3.63) is 59.7 Å². The molecular formula is C35H56N2O8. The summed E-state index contributed by atoms with van der Waals surface area (Å²) in [6.45, 7) is 11.4. The maximum Gasteiger partial charge on any atom is 0.0701 e. The number of nitrogens with zero attached hydrogens (tertiary/aromatic N) is 2. The van der Waals surface area contributed by atoms with Crippen LogP contribution in [-0.2, 0) is 50.7 Å². The molecule has 0 saturated heterocycles. The summed E-state index contributed by atoms with van der Waals surface area (Å²) >= 11 is 0. The largest absolute Gasteiger partial charge is 0.382 e. The maximum atomic E-state index is 5.78. The van der Waals surface area contributed by atoms with Gasteiger partial charge in [-0.15, -0.1) is 0 Å². The lowest BCUT2D eigenvalue weighted by Gasteiger charge is -2.28. The van der Waals surface area contributed by atoms with Crippen molar-refractivity contribution in [3.8, 4) is 0 Å². The number of aryl methyl sites for hydroxylation is 2. The van der Waals surface area contributed by atoms with Crippen LogP contribution in [0.25, 0.3) is 0 Å². The number of likely N-dealkylation sites (N-methyl/N-ethyl adjacent to an activating group) is 1. The minimum Gasteiger partial charge on any atom is -0.382 e. The van der Waals surface area contributed by atoms with E-state index in [2.05, 4.69) is 65.4 Å². The van der Waals surface area contributed by atoms with Gasteiger partial charge in [-0.05, 0) is 56.1 Å². The van der Waals surface area contributed by atoms with Crippen LogP contribution in [0.15, 0.2) is 48.5 Å². The molecule has 0 N–H and O–H groups in total. The highest BCUT2D eigenvalue weighted by Crippen LogP contribution is 2.35. The molecule has 1 aliphatic rings. The fourth-order valence-electron chi connectivity index (χ4n) is 5.01. The molecule has 1 heterocycles. The van der Waals surface area contributed by atoms with E-state index in [-0.39, 0.29) is 0 Å². The van der Waals surface area contributed by atoms with Gasteiger partial charge in [-0.1, -0.05) is 36.4 Å². The van der Waals surface area contributed by atoms with Gasteiger partial charge < -0.3 is 47.7 Å². The third-order valence-electron chi connectivity index (χ3n) is 7.43. The molecule has 0 bridgehead atoms. The minimum absolute atomic E-state index is 0.536. The summed E-state index contributed by atoms with van der Waals surface area (Å²) in [7, 11) is 3.82. The molecule has 1 aliphatic heterocycles. The molecule has 2 aromatic rings. The third-order valence-corrected chi connectivity index (χ3v) is 7.43. The number of hydrogen-bond donors (Lipinski definition) is 0. The molecule has 0 saturated carbocycles. The van der Waals surface area contributed by atoms with Crippen molar-refractivity contribution in [2.24, 2.45) is 0 Å². The van der Waals surface area contributed by atoms with Gasteiger partial charge in [-0.3, -0.25) is 0 Å². The molecule has 0 unspecified atom stereocenters. The van der Waals surface area contributed by atoms with Crippen molar-refractivity contribution in [2.45, 2.75) is 19.3 Å². The summed E-state index contributed by atoms with van der Waals surface area (Å²) < 4.78 is 43.5. The Bertz CT molecular complexity index is 950. The van der Waals surface area contributed by atoms with Crippen LogP contribution in [0, 0.1) is 0 Å². The first-order valence-electron chi connectivity index (χ1n) is 16.4. The van der Waals surface area contributed by atoms with Crippen molar-refractivity contribution in [1.82, 2.24) is 4.90 Å². The molecule has 0 atom stereocenters. The van der Waals surface area contributed by atoms with Crippen molar-refractivity contribution in [1.29, 1.82) is 0 Å². The van der Waals surface area contributed by atoms with E-state index in [0.717, 1.165) is 38.9 Å². The average Bonchev–Trinajstić information content (AvgIpc) is 3.22. The first-order valence-corrected chi connectivity index (χ1v) is 16.4. The standard InChI is InChI=1S/C35H56N2O8/c1-36(14-7-15-37-34-10-5-3-8-32(34)12-13-33-9-4-6-11-35(33)37)16-17-39-20-21-41-24-25-43-28-29-45-31-30-44-27-26-42-23-22-40-19-18-38-2/h3-6,8-11H,7,12-31H2,1-2H3. The number of rotatable bonds is 28. The van der Waals surface area contributed by atoms with Gasteiger partial charge in [0.15, 0.2) is 0 Å². The van der Waals surface area contributed by atoms with Gasteiger partial charge in [0.1, 0.15) is 0 Å². The van der Waals surface area contributed by atoms with Crippen LogP contribution in [0.5, 0.6) is 0 Å². The Morgan fingerprint density at radius 1 is 0.511 bits per heavy atom. The van der Waals surface area contributed by atoms with Gasteiger partial charge in [0, 0.05) is 31.6 Å². The number of anilines is 2. The molecule has 0 amide bonds. The zero-order valence-electron chi connectivity index (χ0n) is 27.6. The molecule has 2 aromatic carbocycles. The van der Waals surface area contributed by atoms with Crippen LogP contribution in [0.1, 0.15) is 17.5 Å². The van der Waals surface area contributed by atoms with E-state index in [1.165, 1.54) is 22.5 Å². The minimum atomic E-state index is 0.536. The lowest BCUT2D eigenvalue weighted by Crippen LogP contribution is -2.28. The van der Waals surface area contributed by atoms with Crippen molar-refractivity contribution in [2.75, 3.05) is 138 Å². The van der Waals surface area contributed by atoms with Gasteiger partial charge in [-0.25, -0.2) is 0 Å². The monoisotopic (exact) mass is 632 g/mol. The predicted molar refractivity (Wildman–Crippen MR) is 177 cm³/mol. The summed E-state index contributed by atoms with van der Waals surface area (Å²) in [4.78, 5) is 4.85. The van der Waals surface area contributed by atoms with Crippen molar-refractivity contribution in [3.63, 3.8) is 0 Å². The highest BCUT2D eigenvalue weighted by molar-refractivity contribution is 5.71. The first-order chi connectivity index (χ1) is 22.3. The summed E-state index contributed by atoms with van der Waals surface area (Å²) in [6, 6.07) is 17.7. The van der Waals surface area contributed by atoms with E-state index in [1.54, 1.807) is 7.11 Å². The van der Waals surface area contributed by atoms with Crippen LogP contribution in [0.2, 0.25) is 0 Å². The van der Waals surface area contributed by atoms with E-state index in [4.69, 9.17) is 37.9 Å². The van der Waals surface area contributed by atoms with Crippen LogP contribution in [0.3, 0.4) is 0 Å². The maximum absolute atomic E-state index is 5.78. The summed E-state index contributed by atoms with van der Waals surface area (Å²) in [6.07, 6.45) is 3.27. The van der Waals surface area contributed by atoms with Crippen molar-refractivity contribution < 1.29 is 37.9 Å². The highest BCUT2D eigenvalue weighted by atomic mass is 16.6. The molecule has 254 valence electrons. The van der Waals surface area contributed by atoms with Gasteiger partial charge in [0.05, 0.1) is 99.1 Å². The average molecular weight is 633 g/mol. The Labute approximate surface area is 270 Å². The van der Waals surface area contributed by atoms with Crippen LogP contribution >= 0.6 is 0 Å². The third kappa shape index (κ3) is 16.3. The number of para-hydroxylation sites is 2. The molecule has 0 spiro atoms. The Hall–Kier alpha value is -2.12. The SMILES string of the molecule is COCCOCCOCCOCCOCCOCCOCCOCCN(C)CCCN1c2ccccc2CCc2ccccc21. The smallest absolute Gasteiger partial charge is 0.0701 e. The molecule has 0 aliphatic carbocycles. The van der Waals surface area contributed by atoms with E-state index in [9.17, 15) is 0 Å². The Kier molecular flexibility index (Phi) is 20.8. The molecule has 0 aromatic heterocycles. The Balaban J connectivity index is 1.07. The van der Waals surface area contributed by atoms with E-state index in [0.29, 0.717) is 99.1 Å². The predicted octanol–water partition coefficient (Wildman–Crippen LogP) is 4.01. The molecule has 10 nitrogen and oxygen atoms in total. The quantitative estimate of drug-likeness (QED) is 0.129. The zero-order chi connectivity index (χ0) is 31.6. The second-order valence-electron chi connectivity index (χ2n) is 10.8. The van der Waals surface area contributed by atoms with Crippen LogP contribution in [-0.4, -0.2) is 138 Å². The lowest BCUT2D eigenvalue weighted by molar-refractivity contribution is -0.0224. The highest BCUT2D eigenvalue weighted by Gasteiger charge is 2.19. The molecule has 0 fully saturated rings. The zero-order valence-corrected chi connectivity index (χ0v) is 27.6. The van der Waals surface area contributed by atoms with Crippen LogP contribution < -0.4 is 4.90 Å². The second-order valence-corrected chi connectivity index (χ2v) is 10.8.